The molecule has 0 radical (unpaired) electrons. The van der Waals surface area contributed by atoms with Crippen LogP contribution in [0.15, 0.2) is 66.9 Å². The van der Waals surface area contributed by atoms with Crippen molar-refractivity contribution >= 4 is 28.3 Å². The number of unbranched alkanes of at least 4 members (excludes halogenated alkanes) is 1. The normalized spacial score (nSPS) is 11.6. The van der Waals surface area contributed by atoms with E-state index >= 15 is 0 Å². The van der Waals surface area contributed by atoms with Crippen molar-refractivity contribution in [3.05, 3.63) is 72.4 Å². The fraction of sp³-hybridized carbons (Fsp3) is 0.261. The SMILES string of the molecule is CCCCn1ccc2cc(N/C(=C/C(=O)OCC)c3ccccc3)ccc21. The molecule has 3 rings (SSSR count). The van der Waals surface area contributed by atoms with Gasteiger partial charge in [-0.3, -0.25) is 0 Å². The van der Waals surface area contributed by atoms with Crippen LogP contribution in [0.2, 0.25) is 0 Å². The van der Waals surface area contributed by atoms with Crippen LogP contribution < -0.4 is 5.32 Å². The van der Waals surface area contributed by atoms with Crippen molar-refractivity contribution in [2.24, 2.45) is 0 Å². The number of esters is 1. The maximum atomic E-state index is 12.0. The number of ether oxygens (including phenoxy) is 1. The summed E-state index contributed by atoms with van der Waals surface area (Å²) in [4.78, 5) is 12.0. The summed E-state index contributed by atoms with van der Waals surface area (Å²) in [6.07, 6.45) is 5.99. The average molecular weight is 362 g/mol. The highest BCUT2D eigenvalue weighted by Crippen LogP contribution is 2.24. The first-order valence-corrected chi connectivity index (χ1v) is 9.51. The number of aromatic nitrogens is 1. The number of rotatable bonds is 8. The second kappa shape index (κ2) is 9.08. The molecule has 2 aromatic carbocycles. The third kappa shape index (κ3) is 4.79. The van der Waals surface area contributed by atoms with Crippen molar-refractivity contribution in [3.63, 3.8) is 0 Å². The number of fused-ring (bicyclic) bond motifs is 1. The highest BCUT2D eigenvalue weighted by Gasteiger charge is 2.08. The summed E-state index contributed by atoms with van der Waals surface area (Å²) in [5, 5.41) is 4.56. The summed E-state index contributed by atoms with van der Waals surface area (Å²) in [5.41, 5.74) is 3.82. The van der Waals surface area contributed by atoms with Gasteiger partial charge in [-0.2, -0.15) is 0 Å². The zero-order chi connectivity index (χ0) is 19.1. The molecule has 0 aliphatic carbocycles. The summed E-state index contributed by atoms with van der Waals surface area (Å²) in [6, 6.07) is 18.2. The van der Waals surface area contributed by atoms with Crippen molar-refractivity contribution in [1.82, 2.24) is 4.57 Å². The largest absolute Gasteiger partial charge is 0.463 e. The van der Waals surface area contributed by atoms with Crippen LogP contribution in [0, 0.1) is 0 Å². The average Bonchev–Trinajstić information content (AvgIpc) is 3.09. The van der Waals surface area contributed by atoms with Gasteiger partial charge in [0.15, 0.2) is 0 Å². The fourth-order valence-electron chi connectivity index (χ4n) is 3.07. The van der Waals surface area contributed by atoms with E-state index in [0.29, 0.717) is 6.61 Å². The Kier molecular flexibility index (Phi) is 6.31. The van der Waals surface area contributed by atoms with Crippen LogP contribution in [0.5, 0.6) is 0 Å². The minimum atomic E-state index is -0.351. The number of nitrogens with one attached hydrogen (secondary N) is 1. The molecule has 0 fully saturated rings. The molecule has 1 N–H and O–H groups in total. The summed E-state index contributed by atoms with van der Waals surface area (Å²) in [7, 11) is 0. The van der Waals surface area contributed by atoms with E-state index in [1.54, 1.807) is 6.92 Å². The fourth-order valence-corrected chi connectivity index (χ4v) is 3.07. The van der Waals surface area contributed by atoms with Crippen LogP contribution in [0.1, 0.15) is 32.3 Å². The van der Waals surface area contributed by atoms with Gasteiger partial charge in [0.25, 0.3) is 0 Å². The van der Waals surface area contributed by atoms with Gasteiger partial charge in [0.1, 0.15) is 0 Å². The van der Waals surface area contributed by atoms with Gasteiger partial charge in [0, 0.05) is 35.4 Å². The summed E-state index contributed by atoms with van der Waals surface area (Å²) >= 11 is 0. The first kappa shape index (κ1) is 18.8. The lowest BCUT2D eigenvalue weighted by Gasteiger charge is -2.12. The number of carbonyl (C=O) groups excluding carboxylic acids is 1. The molecule has 0 saturated carbocycles. The van der Waals surface area contributed by atoms with Crippen molar-refractivity contribution in [2.75, 3.05) is 11.9 Å². The Labute approximate surface area is 160 Å². The lowest BCUT2D eigenvalue weighted by atomic mass is 10.1. The lowest BCUT2D eigenvalue weighted by molar-refractivity contribution is -0.137. The van der Waals surface area contributed by atoms with Crippen LogP contribution in [0.3, 0.4) is 0 Å². The summed E-state index contributed by atoms with van der Waals surface area (Å²) < 4.78 is 7.37. The van der Waals surface area contributed by atoms with Crippen molar-refractivity contribution in [2.45, 2.75) is 33.2 Å². The Bertz CT molecular complexity index is 926. The zero-order valence-corrected chi connectivity index (χ0v) is 15.9. The van der Waals surface area contributed by atoms with Gasteiger partial charge in [0.2, 0.25) is 0 Å². The number of nitrogens with zero attached hydrogens (tertiary/aromatic N) is 1. The van der Waals surface area contributed by atoms with E-state index in [-0.39, 0.29) is 5.97 Å². The number of benzene rings is 2. The second-order valence-electron chi connectivity index (χ2n) is 6.44. The molecule has 0 unspecified atom stereocenters. The Hall–Kier alpha value is -3.01. The molecular formula is C23H26N2O2. The van der Waals surface area contributed by atoms with Crippen molar-refractivity contribution < 1.29 is 9.53 Å². The zero-order valence-electron chi connectivity index (χ0n) is 15.9. The van der Waals surface area contributed by atoms with E-state index in [4.69, 9.17) is 4.74 Å². The van der Waals surface area contributed by atoms with Gasteiger partial charge >= 0.3 is 5.97 Å². The van der Waals surface area contributed by atoms with Crippen LogP contribution >= 0.6 is 0 Å². The highest BCUT2D eigenvalue weighted by atomic mass is 16.5. The molecule has 0 aliphatic heterocycles. The topological polar surface area (TPSA) is 43.3 Å². The van der Waals surface area contributed by atoms with Gasteiger partial charge in [0.05, 0.1) is 12.3 Å². The Balaban J connectivity index is 1.88. The maximum Gasteiger partial charge on any atom is 0.332 e. The molecule has 1 heterocycles. The summed E-state index contributed by atoms with van der Waals surface area (Å²) in [6.45, 7) is 5.40. The molecule has 0 saturated heterocycles. The van der Waals surface area contributed by atoms with Crippen LogP contribution in [-0.2, 0) is 16.1 Å². The number of carbonyl (C=O) groups is 1. The van der Waals surface area contributed by atoms with Gasteiger partial charge in [-0.1, -0.05) is 43.7 Å². The molecule has 0 atom stereocenters. The Morgan fingerprint density at radius 1 is 1.11 bits per heavy atom. The van der Waals surface area contributed by atoms with E-state index in [9.17, 15) is 4.79 Å². The third-order valence-corrected chi connectivity index (χ3v) is 4.44. The smallest absolute Gasteiger partial charge is 0.332 e. The first-order chi connectivity index (χ1) is 13.2. The van der Waals surface area contributed by atoms with E-state index < -0.39 is 0 Å². The van der Waals surface area contributed by atoms with Crippen LogP contribution in [0.4, 0.5) is 5.69 Å². The minimum absolute atomic E-state index is 0.351. The molecule has 27 heavy (non-hydrogen) atoms. The highest BCUT2D eigenvalue weighted by molar-refractivity contribution is 5.95. The molecule has 0 amide bonds. The quantitative estimate of drug-likeness (QED) is 0.427. The van der Waals surface area contributed by atoms with Crippen molar-refractivity contribution in [1.29, 1.82) is 0 Å². The van der Waals surface area contributed by atoms with Gasteiger partial charge in [-0.25, -0.2) is 4.79 Å². The molecule has 4 nitrogen and oxygen atoms in total. The first-order valence-electron chi connectivity index (χ1n) is 9.51. The predicted octanol–water partition coefficient (Wildman–Crippen LogP) is 5.46. The molecule has 0 spiro atoms. The van der Waals surface area contributed by atoms with Gasteiger partial charge in [-0.05, 0) is 43.2 Å². The molecule has 0 bridgehead atoms. The third-order valence-electron chi connectivity index (χ3n) is 4.44. The van der Waals surface area contributed by atoms with E-state index in [1.165, 1.54) is 29.8 Å². The lowest BCUT2D eigenvalue weighted by Crippen LogP contribution is -2.06. The minimum Gasteiger partial charge on any atom is -0.463 e. The summed E-state index contributed by atoms with van der Waals surface area (Å²) in [5.74, 6) is -0.351. The molecule has 3 aromatic rings. The molecule has 1 aromatic heterocycles. The number of aryl methyl sites for hydroxylation is 1. The van der Waals surface area contributed by atoms with Crippen LogP contribution in [0.25, 0.3) is 16.6 Å². The standard InChI is InChI=1S/C23H26N2O2/c1-3-5-14-25-15-13-19-16-20(11-12-22(19)25)24-21(17-23(26)27-4-2)18-9-7-6-8-10-18/h6-13,15-17,24H,3-5,14H2,1-2H3/b21-17+. The van der Waals surface area contributed by atoms with Gasteiger partial charge < -0.3 is 14.6 Å². The van der Waals surface area contributed by atoms with E-state index in [0.717, 1.165) is 23.5 Å². The number of anilines is 1. The molecular weight excluding hydrogens is 336 g/mol. The van der Waals surface area contributed by atoms with E-state index in [1.807, 2.05) is 36.4 Å². The van der Waals surface area contributed by atoms with E-state index in [2.05, 4.69) is 41.2 Å². The predicted molar refractivity (Wildman–Crippen MR) is 112 cm³/mol. The molecule has 4 heteroatoms. The number of hydrogen-bond donors (Lipinski definition) is 1. The second-order valence-corrected chi connectivity index (χ2v) is 6.44. The molecule has 140 valence electrons. The maximum absolute atomic E-state index is 12.0. The Morgan fingerprint density at radius 2 is 1.93 bits per heavy atom. The number of hydrogen-bond acceptors (Lipinski definition) is 3. The van der Waals surface area contributed by atoms with Crippen LogP contribution in [-0.4, -0.2) is 17.1 Å². The monoisotopic (exact) mass is 362 g/mol. The molecule has 0 aliphatic rings. The van der Waals surface area contributed by atoms with Gasteiger partial charge in [-0.15, -0.1) is 0 Å². The van der Waals surface area contributed by atoms with Crippen molar-refractivity contribution in [3.8, 4) is 0 Å². The Morgan fingerprint density at radius 3 is 2.67 bits per heavy atom.